The maximum Gasteiger partial charge on any atom is -0.0176 e. The first-order chi connectivity index (χ1) is 5.63. The van der Waals surface area contributed by atoms with Gasteiger partial charge >= 0.3 is 0 Å². The number of hydrogen-bond donors (Lipinski definition) is 0. The number of allylic oxidation sites excluding steroid dienone is 2. The summed E-state index contributed by atoms with van der Waals surface area (Å²) in [4.78, 5) is 0. The van der Waals surface area contributed by atoms with Crippen molar-refractivity contribution in [2.24, 2.45) is 35.5 Å². The number of fused-ring (bicyclic) bond motifs is 2. The highest BCUT2D eigenvalue weighted by atomic mass is 14.5. The van der Waals surface area contributed by atoms with Crippen LogP contribution in [-0.2, 0) is 0 Å². The smallest absolute Gasteiger partial charge is 0.0176 e. The second kappa shape index (κ2) is 2.61. The van der Waals surface area contributed by atoms with Crippen molar-refractivity contribution >= 4 is 0 Å². The first-order valence-electron chi connectivity index (χ1n) is 5.31. The van der Waals surface area contributed by atoms with Gasteiger partial charge in [-0.15, -0.1) is 0 Å². The molecular weight excluding hydrogens is 144 g/mol. The molecule has 68 valence electrons. The van der Waals surface area contributed by atoms with Crippen LogP contribution in [0.25, 0.3) is 0 Å². The Hall–Kier alpha value is -0.260. The van der Waals surface area contributed by atoms with Gasteiger partial charge in [0.25, 0.3) is 0 Å². The fourth-order valence-electron chi connectivity index (χ4n) is 3.32. The Balaban J connectivity index is 2.32. The lowest BCUT2D eigenvalue weighted by atomic mass is 9.55. The van der Waals surface area contributed by atoms with Gasteiger partial charge in [-0.3, -0.25) is 0 Å². The van der Waals surface area contributed by atoms with E-state index in [0.717, 1.165) is 35.5 Å². The van der Waals surface area contributed by atoms with Crippen molar-refractivity contribution in [2.75, 3.05) is 0 Å². The molecule has 0 aliphatic heterocycles. The third-order valence-corrected chi connectivity index (χ3v) is 4.64. The Morgan fingerprint density at radius 2 is 0.833 bits per heavy atom. The predicted octanol–water partition coefficient (Wildman–Crippen LogP) is 3.35. The van der Waals surface area contributed by atoms with Crippen molar-refractivity contribution in [3.63, 3.8) is 0 Å². The molecule has 0 heterocycles. The zero-order valence-corrected chi connectivity index (χ0v) is 8.62. The number of hydrogen-bond acceptors (Lipinski definition) is 0. The zero-order valence-electron chi connectivity index (χ0n) is 8.62. The summed E-state index contributed by atoms with van der Waals surface area (Å²) in [5, 5.41) is 0. The molecule has 0 aromatic carbocycles. The molecule has 0 nitrogen and oxygen atoms in total. The summed E-state index contributed by atoms with van der Waals surface area (Å²) in [7, 11) is 0. The lowest BCUT2D eigenvalue weighted by Crippen LogP contribution is -2.44. The fraction of sp³-hybridized carbons (Fsp3) is 0.833. The normalized spacial score (nSPS) is 57.7. The van der Waals surface area contributed by atoms with E-state index in [-0.39, 0.29) is 0 Å². The van der Waals surface area contributed by atoms with Crippen molar-refractivity contribution in [1.82, 2.24) is 0 Å². The molecule has 0 heteroatoms. The van der Waals surface area contributed by atoms with Gasteiger partial charge in [0, 0.05) is 0 Å². The van der Waals surface area contributed by atoms with Gasteiger partial charge < -0.3 is 0 Å². The van der Waals surface area contributed by atoms with Gasteiger partial charge in [-0.2, -0.15) is 0 Å². The molecule has 3 rings (SSSR count). The van der Waals surface area contributed by atoms with E-state index in [1.807, 2.05) is 0 Å². The van der Waals surface area contributed by atoms with Crippen molar-refractivity contribution in [2.45, 2.75) is 27.7 Å². The van der Waals surface area contributed by atoms with E-state index in [1.54, 1.807) is 0 Å². The summed E-state index contributed by atoms with van der Waals surface area (Å²) in [6.45, 7) is 9.70. The molecule has 0 N–H and O–H groups in total. The summed E-state index contributed by atoms with van der Waals surface area (Å²) in [5.74, 6) is 5.36. The van der Waals surface area contributed by atoms with Crippen molar-refractivity contribution < 1.29 is 0 Å². The molecule has 3 aliphatic rings. The van der Waals surface area contributed by atoms with Crippen LogP contribution in [0.3, 0.4) is 0 Å². The van der Waals surface area contributed by atoms with E-state index in [1.165, 1.54) is 0 Å². The highest BCUT2D eigenvalue weighted by molar-refractivity contribution is 5.11. The largest absolute Gasteiger partial charge is 0.0846 e. The quantitative estimate of drug-likeness (QED) is 0.482. The predicted molar refractivity (Wildman–Crippen MR) is 52.8 cm³/mol. The molecule has 3 aliphatic carbocycles. The minimum atomic E-state index is 0.861. The molecule has 0 spiro atoms. The molecule has 6 atom stereocenters. The standard InChI is InChI=1S/C12H20/c1-7-8(2)12-6-5-11(7)9(3)10(12)4/h5-12H,1-4H3/t7-,8+,9+,10-,11?,12?. The first kappa shape index (κ1) is 8.34. The van der Waals surface area contributed by atoms with Gasteiger partial charge in [-0.05, 0) is 35.5 Å². The van der Waals surface area contributed by atoms with Gasteiger partial charge in [0.2, 0.25) is 0 Å². The van der Waals surface area contributed by atoms with Gasteiger partial charge in [0.15, 0.2) is 0 Å². The fourth-order valence-corrected chi connectivity index (χ4v) is 3.32. The van der Waals surface area contributed by atoms with Gasteiger partial charge in [0.05, 0.1) is 0 Å². The van der Waals surface area contributed by atoms with Gasteiger partial charge in [-0.25, -0.2) is 0 Å². The van der Waals surface area contributed by atoms with E-state index in [9.17, 15) is 0 Å². The first-order valence-corrected chi connectivity index (χ1v) is 5.31. The molecule has 2 unspecified atom stereocenters. The Labute approximate surface area is 76.1 Å². The van der Waals surface area contributed by atoms with Crippen LogP contribution in [0.5, 0.6) is 0 Å². The molecule has 0 aromatic heterocycles. The van der Waals surface area contributed by atoms with E-state index in [2.05, 4.69) is 39.8 Å². The average molecular weight is 164 g/mol. The lowest BCUT2D eigenvalue weighted by Gasteiger charge is -2.50. The van der Waals surface area contributed by atoms with Crippen LogP contribution in [-0.4, -0.2) is 0 Å². The van der Waals surface area contributed by atoms with Crippen LogP contribution >= 0.6 is 0 Å². The summed E-state index contributed by atoms with van der Waals surface area (Å²) in [6, 6.07) is 0. The van der Waals surface area contributed by atoms with Crippen LogP contribution in [0.4, 0.5) is 0 Å². The molecular formula is C12H20. The minimum absolute atomic E-state index is 0.861. The van der Waals surface area contributed by atoms with Gasteiger partial charge in [0.1, 0.15) is 0 Å². The molecule has 0 amide bonds. The molecule has 0 radical (unpaired) electrons. The molecule has 1 saturated carbocycles. The third kappa shape index (κ3) is 0.901. The molecule has 1 fully saturated rings. The summed E-state index contributed by atoms with van der Waals surface area (Å²) in [6.07, 6.45) is 4.94. The Morgan fingerprint density at radius 3 is 1.08 bits per heavy atom. The maximum absolute atomic E-state index is 2.47. The second-order valence-corrected chi connectivity index (χ2v) is 4.98. The van der Waals surface area contributed by atoms with E-state index in [0.29, 0.717) is 0 Å². The monoisotopic (exact) mass is 164 g/mol. The van der Waals surface area contributed by atoms with Crippen molar-refractivity contribution in [3.8, 4) is 0 Å². The second-order valence-electron chi connectivity index (χ2n) is 4.98. The minimum Gasteiger partial charge on any atom is -0.0846 e. The lowest BCUT2D eigenvalue weighted by molar-refractivity contribution is 0.0429. The summed E-state index contributed by atoms with van der Waals surface area (Å²) in [5.41, 5.74) is 0. The average Bonchev–Trinajstić information content (AvgIpc) is 2.05. The van der Waals surface area contributed by atoms with Crippen molar-refractivity contribution in [1.29, 1.82) is 0 Å². The number of rotatable bonds is 0. The highest BCUT2D eigenvalue weighted by Gasteiger charge is 2.43. The van der Waals surface area contributed by atoms with Crippen LogP contribution in [0.2, 0.25) is 0 Å². The maximum atomic E-state index is 2.47. The van der Waals surface area contributed by atoms with E-state index in [4.69, 9.17) is 0 Å². The zero-order chi connectivity index (χ0) is 8.88. The van der Waals surface area contributed by atoms with Crippen molar-refractivity contribution in [3.05, 3.63) is 12.2 Å². The Bertz CT molecular complexity index is 166. The third-order valence-electron chi connectivity index (χ3n) is 4.64. The summed E-state index contributed by atoms with van der Waals surface area (Å²) >= 11 is 0. The van der Waals surface area contributed by atoms with Crippen LogP contribution in [0.1, 0.15) is 27.7 Å². The van der Waals surface area contributed by atoms with E-state index < -0.39 is 0 Å². The summed E-state index contributed by atoms with van der Waals surface area (Å²) < 4.78 is 0. The Morgan fingerprint density at radius 1 is 0.583 bits per heavy atom. The Kier molecular flexibility index (Phi) is 1.82. The SMILES string of the molecule is C[C@@H]1C2C=CC([C@@H](C)[C@H]2C)[C@@H]1C. The molecule has 0 aromatic rings. The van der Waals surface area contributed by atoms with Crippen LogP contribution in [0, 0.1) is 35.5 Å². The highest BCUT2D eigenvalue weighted by Crippen LogP contribution is 2.50. The van der Waals surface area contributed by atoms with Crippen LogP contribution in [0.15, 0.2) is 12.2 Å². The topological polar surface area (TPSA) is 0 Å². The van der Waals surface area contributed by atoms with Crippen LogP contribution < -0.4 is 0 Å². The van der Waals surface area contributed by atoms with Gasteiger partial charge in [-0.1, -0.05) is 39.8 Å². The molecule has 12 heavy (non-hydrogen) atoms. The molecule has 0 saturated heterocycles. The van der Waals surface area contributed by atoms with E-state index >= 15 is 0 Å². The molecule has 2 bridgehead atoms.